The summed E-state index contributed by atoms with van der Waals surface area (Å²) < 4.78 is 2.27. The fourth-order valence-electron chi connectivity index (χ4n) is 4.47. The summed E-state index contributed by atoms with van der Waals surface area (Å²) in [6, 6.07) is 5.66. The van der Waals surface area contributed by atoms with Crippen LogP contribution in [0.3, 0.4) is 0 Å². The molecule has 8 heteroatoms. The van der Waals surface area contributed by atoms with Crippen LogP contribution in [0.15, 0.2) is 24.4 Å². The molecule has 30 heavy (non-hydrogen) atoms. The number of nitrogens with zero attached hydrogens (tertiary/aromatic N) is 5. The number of nitro groups is 1. The molecular formula is C22H26ClN5O2. The van der Waals surface area contributed by atoms with E-state index in [9.17, 15) is 10.1 Å². The molecule has 158 valence electrons. The normalized spacial score (nSPS) is 14.2. The maximum atomic E-state index is 11.1. The average molecular weight is 428 g/mol. The monoisotopic (exact) mass is 427 g/mol. The van der Waals surface area contributed by atoms with Crippen LogP contribution in [0.25, 0.3) is 11.0 Å². The van der Waals surface area contributed by atoms with Crippen molar-refractivity contribution in [1.82, 2.24) is 14.5 Å². The van der Waals surface area contributed by atoms with Gasteiger partial charge in [0.05, 0.1) is 15.5 Å². The van der Waals surface area contributed by atoms with Gasteiger partial charge < -0.3 is 4.57 Å². The van der Waals surface area contributed by atoms with Gasteiger partial charge in [0.25, 0.3) is 5.69 Å². The second-order valence-electron chi connectivity index (χ2n) is 7.86. The highest BCUT2D eigenvalue weighted by atomic mass is 35.5. The third kappa shape index (κ3) is 3.41. The second kappa shape index (κ2) is 8.22. The largest absolute Gasteiger partial charge is 0.309 e. The van der Waals surface area contributed by atoms with Gasteiger partial charge in [0, 0.05) is 19.2 Å². The average Bonchev–Trinajstić information content (AvgIpc) is 2.99. The van der Waals surface area contributed by atoms with E-state index >= 15 is 0 Å². The Hall–Kier alpha value is -2.67. The van der Waals surface area contributed by atoms with E-state index in [1.165, 1.54) is 11.8 Å². The van der Waals surface area contributed by atoms with Crippen molar-refractivity contribution in [3.63, 3.8) is 0 Å². The Morgan fingerprint density at radius 3 is 2.63 bits per heavy atom. The van der Waals surface area contributed by atoms with Crippen molar-refractivity contribution >= 4 is 40.1 Å². The van der Waals surface area contributed by atoms with E-state index in [0.717, 1.165) is 61.3 Å². The Bertz CT molecular complexity index is 1110. The second-order valence-corrected chi connectivity index (χ2v) is 8.27. The van der Waals surface area contributed by atoms with Crippen LogP contribution in [0.1, 0.15) is 56.6 Å². The van der Waals surface area contributed by atoms with Gasteiger partial charge in [-0.2, -0.15) is 0 Å². The lowest BCUT2D eigenvalue weighted by atomic mass is 9.93. The molecule has 1 aliphatic rings. The quantitative estimate of drug-likeness (QED) is 0.361. The highest BCUT2D eigenvalue weighted by molar-refractivity contribution is 6.35. The minimum absolute atomic E-state index is 0.00126. The summed E-state index contributed by atoms with van der Waals surface area (Å²) in [7, 11) is 0. The summed E-state index contributed by atoms with van der Waals surface area (Å²) in [6.07, 6.45) is 5.45. The van der Waals surface area contributed by atoms with E-state index in [4.69, 9.17) is 16.6 Å². The standard InChI is InChI=1S/C22H26ClN5O2/c1-4-15(5-2)17-8-9-18(23)19-20(17)26-10-6-7-11-27(22(26)25-19)21-14(3)12-16(13-24-21)28(29)30/h8-9,12-13,15H,4-7,10-11H2,1-3H3. The van der Waals surface area contributed by atoms with Crippen LogP contribution in [0.4, 0.5) is 17.5 Å². The molecule has 0 atom stereocenters. The zero-order valence-corrected chi connectivity index (χ0v) is 18.3. The molecule has 1 aliphatic heterocycles. The van der Waals surface area contributed by atoms with Crippen molar-refractivity contribution in [3.8, 4) is 0 Å². The number of benzene rings is 1. The zero-order chi connectivity index (χ0) is 21.4. The maximum Gasteiger partial charge on any atom is 0.287 e. The molecule has 0 saturated carbocycles. The van der Waals surface area contributed by atoms with Gasteiger partial charge in [0.15, 0.2) is 0 Å². The van der Waals surface area contributed by atoms with E-state index in [0.29, 0.717) is 16.8 Å². The van der Waals surface area contributed by atoms with Crippen LogP contribution < -0.4 is 4.90 Å². The molecule has 0 bridgehead atoms. The van der Waals surface area contributed by atoms with Crippen molar-refractivity contribution in [2.45, 2.75) is 58.9 Å². The van der Waals surface area contributed by atoms with E-state index in [2.05, 4.69) is 34.4 Å². The van der Waals surface area contributed by atoms with Crippen LogP contribution >= 0.6 is 11.6 Å². The molecule has 0 aliphatic carbocycles. The minimum Gasteiger partial charge on any atom is -0.309 e. The molecule has 4 rings (SSSR count). The summed E-state index contributed by atoms with van der Waals surface area (Å²) in [5.74, 6) is 1.97. The molecule has 0 radical (unpaired) electrons. The summed E-state index contributed by atoms with van der Waals surface area (Å²) in [4.78, 5) is 22.2. The SMILES string of the molecule is CCC(CC)c1ccc(Cl)c2nc3n(c12)CCCCN3c1ncc([N+](=O)[O-])cc1C. The Labute approximate surface area is 180 Å². The maximum absolute atomic E-state index is 11.1. The van der Waals surface area contributed by atoms with Crippen molar-refractivity contribution in [2.24, 2.45) is 0 Å². The number of rotatable bonds is 5. The number of anilines is 2. The first-order chi connectivity index (χ1) is 14.5. The summed E-state index contributed by atoms with van der Waals surface area (Å²) in [5.41, 5.74) is 3.98. The number of aryl methyl sites for hydroxylation is 2. The Balaban J connectivity index is 1.93. The van der Waals surface area contributed by atoms with E-state index in [1.54, 1.807) is 6.07 Å². The Kier molecular flexibility index (Phi) is 5.64. The van der Waals surface area contributed by atoms with Gasteiger partial charge in [-0.05, 0) is 55.7 Å². The number of hydrogen-bond acceptors (Lipinski definition) is 5. The first-order valence-corrected chi connectivity index (χ1v) is 10.9. The first-order valence-electron chi connectivity index (χ1n) is 10.5. The third-order valence-electron chi connectivity index (χ3n) is 6.04. The summed E-state index contributed by atoms with van der Waals surface area (Å²) in [6.45, 7) is 7.90. The molecule has 0 amide bonds. The number of pyridine rings is 1. The van der Waals surface area contributed by atoms with E-state index < -0.39 is 4.92 Å². The van der Waals surface area contributed by atoms with Crippen molar-refractivity contribution in [3.05, 3.63) is 50.7 Å². The first kappa shape index (κ1) is 20.6. The molecule has 0 fully saturated rings. The lowest BCUT2D eigenvalue weighted by Gasteiger charge is -2.23. The minimum atomic E-state index is -0.414. The van der Waals surface area contributed by atoms with Crippen LogP contribution in [0.2, 0.25) is 5.02 Å². The highest BCUT2D eigenvalue weighted by Gasteiger charge is 2.27. The number of imidazole rings is 1. The van der Waals surface area contributed by atoms with Crippen LogP contribution in [-0.4, -0.2) is 26.0 Å². The smallest absolute Gasteiger partial charge is 0.287 e. The van der Waals surface area contributed by atoms with Crippen molar-refractivity contribution in [1.29, 1.82) is 0 Å². The van der Waals surface area contributed by atoms with Gasteiger partial charge in [0.2, 0.25) is 5.95 Å². The predicted molar refractivity (Wildman–Crippen MR) is 120 cm³/mol. The van der Waals surface area contributed by atoms with Crippen molar-refractivity contribution < 1.29 is 4.92 Å². The summed E-state index contributed by atoms with van der Waals surface area (Å²) >= 11 is 6.58. The van der Waals surface area contributed by atoms with Gasteiger partial charge >= 0.3 is 0 Å². The van der Waals surface area contributed by atoms with E-state index in [-0.39, 0.29) is 5.69 Å². The fraction of sp³-hybridized carbons (Fsp3) is 0.455. The van der Waals surface area contributed by atoms with Gasteiger partial charge in [-0.25, -0.2) is 9.97 Å². The van der Waals surface area contributed by atoms with Gasteiger partial charge in [-0.1, -0.05) is 31.5 Å². The highest BCUT2D eigenvalue weighted by Crippen LogP contribution is 2.39. The Morgan fingerprint density at radius 1 is 1.23 bits per heavy atom. The number of halogens is 1. The molecule has 3 heterocycles. The van der Waals surface area contributed by atoms with Gasteiger partial charge in [-0.15, -0.1) is 0 Å². The molecule has 1 aromatic carbocycles. The lowest BCUT2D eigenvalue weighted by molar-refractivity contribution is -0.385. The molecule has 0 N–H and O–H groups in total. The Morgan fingerprint density at radius 2 is 1.97 bits per heavy atom. The van der Waals surface area contributed by atoms with Crippen LogP contribution in [0, 0.1) is 17.0 Å². The van der Waals surface area contributed by atoms with E-state index in [1.807, 2.05) is 13.0 Å². The molecule has 3 aromatic rings. The molecular weight excluding hydrogens is 402 g/mol. The van der Waals surface area contributed by atoms with Crippen LogP contribution in [-0.2, 0) is 6.54 Å². The van der Waals surface area contributed by atoms with Gasteiger partial charge in [-0.3, -0.25) is 15.0 Å². The molecule has 7 nitrogen and oxygen atoms in total. The molecule has 0 unspecified atom stereocenters. The fourth-order valence-corrected chi connectivity index (χ4v) is 4.67. The topological polar surface area (TPSA) is 77.1 Å². The number of aromatic nitrogens is 3. The predicted octanol–water partition coefficient (Wildman–Crippen LogP) is 6.14. The third-order valence-corrected chi connectivity index (χ3v) is 6.34. The van der Waals surface area contributed by atoms with Gasteiger partial charge in [0.1, 0.15) is 17.5 Å². The number of hydrogen-bond donors (Lipinski definition) is 0. The molecule has 0 saturated heterocycles. The lowest BCUT2D eigenvalue weighted by Crippen LogP contribution is -2.22. The molecule has 2 aromatic heterocycles. The molecule has 0 spiro atoms. The van der Waals surface area contributed by atoms with Crippen molar-refractivity contribution in [2.75, 3.05) is 11.4 Å². The summed E-state index contributed by atoms with van der Waals surface area (Å²) in [5, 5.41) is 11.8. The van der Waals surface area contributed by atoms with Crippen LogP contribution in [0.5, 0.6) is 0 Å². The number of fused-ring (bicyclic) bond motifs is 3. The zero-order valence-electron chi connectivity index (χ0n) is 17.6.